The van der Waals surface area contributed by atoms with E-state index in [2.05, 4.69) is 35.4 Å². The van der Waals surface area contributed by atoms with Gasteiger partial charge in [-0.05, 0) is 207 Å². The second-order valence-corrected chi connectivity index (χ2v) is 30.1. The summed E-state index contributed by atoms with van der Waals surface area (Å²) in [5.74, 6) is 3.01. The van der Waals surface area contributed by atoms with Crippen molar-refractivity contribution < 1.29 is 63.9 Å². The number of aliphatic hydroxyl groups is 5. The summed E-state index contributed by atoms with van der Waals surface area (Å²) in [5.41, 5.74) is 7.61. The number of nitrogens with zero attached hydrogens (tertiary/aromatic N) is 1. The lowest BCUT2D eigenvalue weighted by Crippen LogP contribution is -2.71. The third kappa shape index (κ3) is 8.03. The van der Waals surface area contributed by atoms with Gasteiger partial charge in [-0.15, -0.1) is 0 Å². The van der Waals surface area contributed by atoms with Crippen LogP contribution in [0.4, 0.5) is 0 Å². The molecule has 13 aliphatic rings. The number of H-pyrrole nitrogens is 1. The normalized spacial score (nSPS) is 36.3. The zero-order chi connectivity index (χ0) is 60.9. The lowest BCUT2D eigenvalue weighted by atomic mass is 9.55. The molecule has 15 unspecified atom stereocenters. The maximum Gasteiger partial charge on any atom is 0.254 e. The van der Waals surface area contributed by atoms with Crippen LogP contribution in [0.5, 0.6) is 17.2 Å². The Kier molecular flexibility index (Phi) is 12.8. The summed E-state index contributed by atoms with van der Waals surface area (Å²) in [4.78, 5) is 35.6. The first-order valence-electron chi connectivity index (χ1n) is 34.2. The number of aromatic amines is 1. The van der Waals surface area contributed by atoms with E-state index in [0.717, 1.165) is 146 Å². The number of carbonyl (C=O) groups excluding carboxylic acids is 2. The molecule has 15 nitrogen and oxygen atoms in total. The average molecular weight is 1220 g/mol. The van der Waals surface area contributed by atoms with Crippen LogP contribution >= 0.6 is 0 Å². The predicted molar refractivity (Wildman–Crippen MR) is 335 cm³/mol. The maximum absolute atomic E-state index is 15.8. The number of hydrogen-bond acceptors (Lipinski definition) is 13. The van der Waals surface area contributed by atoms with E-state index in [1.807, 2.05) is 18.2 Å². The first-order valence-corrected chi connectivity index (χ1v) is 34.2. The standard InChI is InChI=1S/C75H82N2O13/c1-86-66-48-16-15-41-30-40-10-6-13-46(40)58-56(41)59(48)61-63(80)60(58)54(79)35-77-34-52-39(9-5-14-47(52)70(77)82)11-8-26-87-69-64(81)68-65-43(19-24-72(83)21-3-2-4-22-72)27-38-28-45-32-44-12-7-23-74(44,84)36-73(45)25-20-42-31-53-57(50(29-38)62(42)73)51(33-76-53)55(88-65)18-17-49(66)67(61)89-71(90-68)75(69,85)37-78/h5,9,14,17-18,30-31,33,38,40,43-46,55,64-65,68-69,71,76,78,80-81,83-85H,2-4,6-7,10-13,15-16,19-25,27-29,32,34-37H2,1H3. The molecule has 90 heavy (non-hydrogen) atoms. The number of ketones is 1. The number of nitrogens with one attached hydrogen (secondary N) is 1. The molecular weight excluding hydrogens is 1140 g/mol. The Morgan fingerprint density at radius 1 is 0.856 bits per heavy atom. The molecule has 5 fully saturated rings. The number of aromatic nitrogens is 1. The molecule has 15 atom stereocenters. The highest BCUT2D eigenvalue weighted by molar-refractivity contribution is 6.17. The Morgan fingerprint density at radius 2 is 1.73 bits per heavy atom. The van der Waals surface area contributed by atoms with E-state index in [-0.39, 0.29) is 82.9 Å². The molecule has 470 valence electrons. The number of aliphatic hydroxyl groups excluding tert-OH is 2. The molecular formula is C75H82N2O13. The van der Waals surface area contributed by atoms with Gasteiger partial charge in [0, 0.05) is 57.6 Å². The van der Waals surface area contributed by atoms with Gasteiger partial charge in [-0.2, -0.15) is 0 Å². The number of ether oxygens (including phenoxy) is 5. The van der Waals surface area contributed by atoms with Crippen molar-refractivity contribution in [1.82, 2.24) is 9.88 Å². The number of methoxy groups -OCH3 is 1. The minimum Gasteiger partial charge on any atom is -0.506 e. The van der Waals surface area contributed by atoms with Crippen LogP contribution in [-0.2, 0) is 51.9 Å². The number of aryl methyl sites for hydroxylation is 2. The molecule has 6 heterocycles. The van der Waals surface area contributed by atoms with Gasteiger partial charge in [0.15, 0.2) is 17.5 Å². The van der Waals surface area contributed by atoms with Gasteiger partial charge in [-0.25, -0.2) is 0 Å². The third-order valence-corrected chi connectivity index (χ3v) is 25.7. The van der Waals surface area contributed by atoms with Crippen molar-refractivity contribution in [1.29, 1.82) is 0 Å². The van der Waals surface area contributed by atoms with Crippen LogP contribution in [0.15, 0.2) is 42.6 Å². The molecule has 0 radical (unpaired) electrons. The summed E-state index contributed by atoms with van der Waals surface area (Å²) in [6.45, 7) is -1.17. The average Bonchev–Trinajstić information content (AvgIpc) is 1.27. The zero-order valence-corrected chi connectivity index (χ0v) is 51.4. The third-order valence-electron chi connectivity index (χ3n) is 25.7. The molecule has 18 rings (SSSR count). The number of phenolic OH excluding ortho intramolecular Hbond substituents is 1. The molecule has 15 heteroatoms. The summed E-state index contributed by atoms with van der Waals surface area (Å²) < 4.78 is 36.0. The lowest BCUT2D eigenvalue weighted by Gasteiger charge is -2.52. The minimum atomic E-state index is -2.55. The van der Waals surface area contributed by atoms with Crippen molar-refractivity contribution in [3.8, 4) is 29.3 Å². The van der Waals surface area contributed by atoms with E-state index in [1.54, 1.807) is 24.1 Å². The van der Waals surface area contributed by atoms with Gasteiger partial charge in [0.2, 0.25) is 6.29 Å². The van der Waals surface area contributed by atoms with Crippen LogP contribution in [0.2, 0.25) is 0 Å². The Labute approximate surface area is 524 Å². The Hall–Kier alpha value is -6.22. The number of Topliss-reactive ketones (excluding diaryl/α,β-unsaturated/α-hetero) is 1. The van der Waals surface area contributed by atoms with Crippen LogP contribution in [0, 0.1) is 41.6 Å². The summed E-state index contributed by atoms with van der Waals surface area (Å²) in [7, 11) is 1.62. The summed E-state index contributed by atoms with van der Waals surface area (Å²) >= 11 is 0. The molecule has 5 aliphatic heterocycles. The van der Waals surface area contributed by atoms with Gasteiger partial charge in [-0.3, -0.25) is 9.59 Å². The van der Waals surface area contributed by atoms with E-state index in [1.165, 1.54) is 16.7 Å². The monoisotopic (exact) mass is 1220 g/mol. The Morgan fingerprint density at radius 3 is 2.59 bits per heavy atom. The molecule has 5 aromatic rings. The highest BCUT2D eigenvalue weighted by Crippen LogP contribution is 2.66. The van der Waals surface area contributed by atoms with Crippen molar-refractivity contribution in [3.05, 3.63) is 109 Å². The van der Waals surface area contributed by atoms with Crippen molar-refractivity contribution in [2.45, 2.75) is 219 Å². The van der Waals surface area contributed by atoms with Crippen LogP contribution in [0.1, 0.15) is 210 Å². The van der Waals surface area contributed by atoms with Crippen LogP contribution in [0.25, 0.3) is 33.3 Å². The number of phenols is 1. The van der Waals surface area contributed by atoms with Crippen molar-refractivity contribution >= 4 is 45.0 Å². The topological polar surface area (TPSA) is 221 Å². The fourth-order valence-corrected chi connectivity index (χ4v) is 21.7. The van der Waals surface area contributed by atoms with Crippen LogP contribution in [0.3, 0.4) is 0 Å². The second kappa shape index (κ2) is 20.4. The first kappa shape index (κ1) is 56.5. The highest BCUT2D eigenvalue weighted by atomic mass is 16.7. The van der Waals surface area contributed by atoms with Gasteiger partial charge in [0.25, 0.3) is 5.91 Å². The number of amides is 1. The number of rotatable bonds is 5. The summed E-state index contributed by atoms with van der Waals surface area (Å²) in [6, 6.07) is 7.82. The molecule has 1 saturated heterocycles. The van der Waals surface area contributed by atoms with E-state index in [9.17, 15) is 35.4 Å². The molecule has 1 amide bonds. The van der Waals surface area contributed by atoms with Gasteiger partial charge >= 0.3 is 0 Å². The molecule has 12 bridgehead atoms. The zero-order valence-electron chi connectivity index (χ0n) is 51.4. The predicted octanol–water partition coefficient (Wildman–Crippen LogP) is 10.5. The summed E-state index contributed by atoms with van der Waals surface area (Å²) in [6.07, 6.45) is 21.1. The van der Waals surface area contributed by atoms with Gasteiger partial charge in [-0.1, -0.05) is 62.3 Å². The van der Waals surface area contributed by atoms with Gasteiger partial charge in [0.1, 0.15) is 41.7 Å². The molecule has 8 aliphatic carbocycles. The van der Waals surface area contributed by atoms with E-state index in [0.29, 0.717) is 73.1 Å². The number of carbonyl (C=O) groups is 2. The quantitative estimate of drug-likeness (QED) is 0.0816. The molecule has 1 spiro atoms. The fraction of sp³-hybridized carbons (Fsp3) is 0.573. The number of aromatic hydroxyl groups is 1. The Bertz CT molecular complexity index is 4050. The van der Waals surface area contributed by atoms with Gasteiger partial charge in [0.05, 0.1) is 54.1 Å². The van der Waals surface area contributed by atoms with E-state index in [4.69, 9.17) is 23.7 Å². The van der Waals surface area contributed by atoms with Crippen LogP contribution in [-0.4, -0.2) is 120 Å². The molecule has 4 saturated carbocycles. The SMILES string of the molecule is COc1c2c3c4c(O)c(c5c6c4c1CCC6=CC1CCCC51)C(=O)CN1Cc4c(cccc4C1=O)CC#COC1C(O)C(OC(O3)C1(O)CO)C1OC(C=C2)c2c[nH]c3cc4c5c(c23)CC(CC1CCC1(O)CCCCC1)CC1CC2CCCC2(O)CC51CC4. The smallest absolute Gasteiger partial charge is 0.254 e. The molecule has 1 aromatic heterocycles. The Balaban J connectivity index is 0.910. The number of benzene rings is 4. The maximum atomic E-state index is 15.8. The van der Waals surface area contributed by atoms with Crippen molar-refractivity contribution in [3.63, 3.8) is 0 Å². The van der Waals surface area contributed by atoms with E-state index >= 15 is 4.79 Å². The molecule has 7 N–H and O–H groups in total. The number of hydrogen-bond donors (Lipinski definition) is 7. The van der Waals surface area contributed by atoms with Crippen LogP contribution < -0.4 is 9.47 Å². The minimum absolute atomic E-state index is 0.0242. The number of fused-ring (bicyclic) bond motifs is 13. The van der Waals surface area contributed by atoms with E-state index < -0.39 is 66.0 Å². The first-order chi connectivity index (χ1) is 43.7. The molecule has 4 aromatic carbocycles. The van der Waals surface area contributed by atoms with Gasteiger partial charge < -0.3 is 64.2 Å². The second-order valence-electron chi connectivity index (χ2n) is 30.1. The fourth-order valence-electron chi connectivity index (χ4n) is 21.7. The van der Waals surface area contributed by atoms with Crippen molar-refractivity contribution in [2.24, 2.45) is 29.6 Å². The number of allylic oxidation sites excluding steroid dienone is 2. The summed E-state index contributed by atoms with van der Waals surface area (Å²) in [5, 5.41) is 80.1. The lowest BCUT2D eigenvalue weighted by molar-refractivity contribution is -0.340. The largest absolute Gasteiger partial charge is 0.506 e. The highest BCUT2D eigenvalue weighted by Gasteiger charge is 2.63. The van der Waals surface area contributed by atoms with Crippen molar-refractivity contribution in [2.75, 3.05) is 20.3 Å².